The second-order valence-electron chi connectivity index (χ2n) is 14.1. The smallest absolute Gasteiger partial charge is 0.780 e. The molecule has 17 heteroatoms. The number of nitriles is 1. The average molecular weight is 825 g/mol. The summed E-state index contributed by atoms with van der Waals surface area (Å²) in [6, 6.07) is 22.7. The van der Waals surface area contributed by atoms with Crippen molar-refractivity contribution in [2.45, 2.75) is 32.9 Å². The van der Waals surface area contributed by atoms with Gasteiger partial charge in [0.2, 0.25) is 0 Å². The molecule has 2 aromatic heterocycles. The number of benzene rings is 3. The molecule has 290 valence electrons. The molecule has 1 fully saturated rings. The number of fused-ring (bicyclic) bond motifs is 1. The minimum atomic E-state index is -5.34. The molecule has 4 heterocycles. The van der Waals surface area contributed by atoms with Crippen LogP contribution >= 0.6 is 7.82 Å². The predicted octanol–water partition coefficient (Wildman–Crippen LogP) is -1.25. The molecule has 0 unspecified atom stereocenters. The normalized spacial score (nSPS) is 15.4. The summed E-state index contributed by atoms with van der Waals surface area (Å²) in [4.78, 5) is 57.6. The van der Waals surface area contributed by atoms with Gasteiger partial charge in [-0.3, -0.25) is 19.4 Å². The number of morpholine rings is 1. The Labute approximate surface area is 380 Å². The molecule has 0 saturated carbocycles. The molecule has 1 atom stereocenters. The number of phosphoric acid groups is 1. The second-order valence-corrected chi connectivity index (χ2v) is 15.2. The molecule has 0 spiro atoms. The third-order valence-electron chi connectivity index (χ3n) is 10.8. The van der Waals surface area contributed by atoms with E-state index in [9.17, 15) is 29.2 Å². The number of rotatable bonds is 9. The Morgan fingerprint density at radius 3 is 2.24 bits per heavy atom. The van der Waals surface area contributed by atoms with E-state index in [1.807, 2.05) is 23.1 Å². The largest absolute Gasteiger partial charge is 1.00 e. The van der Waals surface area contributed by atoms with Gasteiger partial charge in [0, 0.05) is 80.2 Å². The van der Waals surface area contributed by atoms with Crippen LogP contribution in [-0.4, -0.2) is 69.6 Å². The summed E-state index contributed by atoms with van der Waals surface area (Å²) < 4.78 is 39.9. The summed E-state index contributed by atoms with van der Waals surface area (Å²) >= 11 is 0. The number of anilines is 2. The van der Waals surface area contributed by atoms with E-state index in [-0.39, 0.29) is 99.3 Å². The quantitative estimate of drug-likeness (QED) is 0.131. The van der Waals surface area contributed by atoms with Gasteiger partial charge in [-0.1, -0.05) is 24.3 Å². The van der Waals surface area contributed by atoms with E-state index in [0.717, 1.165) is 18.7 Å². The van der Waals surface area contributed by atoms with Gasteiger partial charge in [0.15, 0.2) is 0 Å². The van der Waals surface area contributed by atoms with Gasteiger partial charge in [-0.15, -0.1) is 0 Å². The number of nitrogens with zero attached hydrogens (tertiary/aromatic N) is 6. The van der Waals surface area contributed by atoms with E-state index in [0.29, 0.717) is 61.1 Å². The Morgan fingerprint density at radius 1 is 0.931 bits per heavy atom. The predicted molar refractivity (Wildman–Crippen MR) is 203 cm³/mol. The molecule has 0 bridgehead atoms. The molecule has 2 aliphatic rings. The van der Waals surface area contributed by atoms with Crippen molar-refractivity contribution < 1.29 is 96.7 Å². The van der Waals surface area contributed by atoms with Gasteiger partial charge in [0.1, 0.15) is 31.2 Å². The number of carbonyl (C=O) groups is 2. The number of ether oxygens (including phenoxy) is 1. The number of aromatic nitrogens is 2. The van der Waals surface area contributed by atoms with Crippen LogP contribution in [0.2, 0.25) is 0 Å². The molecular weight excluding hydrogens is 784 g/mol. The first-order chi connectivity index (χ1) is 26.7. The zero-order valence-electron chi connectivity index (χ0n) is 33.4. The SMILES string of the molecule is Cc1c(N(C(=O)c2cc(-c3cc(F)ccc3C(=O)N3Cc4ccccc4C[C@H]3CN3CCOCC3)n(C)c2C)c2ccc(OP(=O)([O-])[O-])cc2)cc(C#N)n1C.[Na+].[Na+]. The first-order valence-corrected chi connectivity index (χ1v) is 19.6. The number of carbonyl (C=O) groups excluding carboxylic acids is 2. The minimum Gasteiger partial charge on any atom is -0.780 e. The van der Waals surface area contributed by atoms with E-state index >= 15 is 4.39 Å². The summed E-state index contributed by atoms with van der Waals surface area (Å²) in [5.41, 5.74) is 5.56. The van der Waals surface area contributed by atoms with Crippen molar-refractivity contribution in [3.63, 3.8) is 0 Å². The maximum Gasteiger partial charge on any atom is 1.00 e. The van der Waals surface area contributed by atoms with E-state index in [4.69, 9.17) is 4.74 Å². The van der Waals surface area contributed by atoms with Crippen LogP contribution in [0.5, 0.6) is 5.75 Å². The molecule has 2 aliphatic heterocycles. The summed E-state index contributed by atoms with van der Waals surface area (Å²) in [6.07, 6.45) is 0.667. The Hall–Kier alpha value is -3.55. The van der Waals surface area contributed by atoms with E-state index < -0.39 is 19.5 Å². The Morgan fingerprint density at radius 2 is 1.60 bits per heavy atom. The first kappa shape index (κ1) is 45.5. The van der Waals surface area contributed by atoms with Gasteiger partial charge in [-0.2, -0.15) is 5.26 Å². The number of hydrogen-bond acceptors (Lipinski definition) is 9. The summed E-state index contributed by atoms with van der Waals surface area (Å²) in [6.45, 7) is 7.31. The van der Waals surface area contributed by atoms with Gasteiger partial charge >= 0.3 is 59.1 Å². The van der Waals surface area contributed by atoms with Crippen molar-refractivity contribution in [2.24, 2.45) is 14.1 Å². The Balaban J connectivity index is 0.00000320. The van der Waals surface area contributed by atoms with E-state index in [2.05, 4.69) is 21.6 Å². The van der Waals surface area contributed by atoms with Gasteiger partial charge < -0.3 is 37.6 Å². The molecule has 0 aliphatic carbocycles. The van der Waals surface area contributed by atoms with E-state index in [1.165, 1.54) is 52.9 Å². The molecule has 7 rings (SSSR count). The fourth-order valence-electron chi connectivity index (χ4n) is 7.60. The fourth-order valence-corrected chi connectivity index (χ4v) is 7.98. The third-order valence-corrected chi connectivity index (χ3v) is 11.3. The minimum absolute atomic E-state index is 0. The van der Waals surface area contributed by atoms with Crippen LogP contribution in [0, 0.1) is 31.0 Å². The molecule has 0 radical (unpaired) electrons. The fraction of sp³-hybridized carbons (Fsp3) is 0.293. The van der Waals surface area contributed by atoms with Crippen LogP contribution in [0.15, 0.2) is 78.9 Å². The second kappa shape index (κ2) is 18.8. The molecule has 1 saturated heterocycles. The first-order valence-electron chi connectivity index (χ1n) is 18.1. The van der Waals surface area contributed by atoms with Crippen LogP contribution in [0.25, 0.3) is 11.3 Å². The topological polar surface area (TPSA) is 159 Å². The van der Waals surface area contributed by atoms with Gasteiger partial charge in [0.05, 0.1) is 24.5 Å². The van der Waals surface area contributed by atoms with Gasteiger partial charge in [-0.25, -0.2) is 4.39 Å². The zero-order valence-corrected chi connectivity index (χ0v) is 38.3. The Kier molecular flexibility index (Phi) is 14.8. The zero-order chi connectivity index (χ0) is 39.9. The summed E-state index contributed by atoms with van der Waals surface area (Å²) in [7, 11) is -1.91. The van der Waals surface area contributed by atoms with E-state index in [1.54, 1.807) is 49.2 Å². The molecule has 2 amide bonds. The number of hydrogen-bond donors (Lipinski definition) is 0. The van der Waals surface area contributed by atoms with Crippen LogP contribution in [0.1, 0.15) is 48.9 Å². The maximum absolute atomic E-state index is 15.2. The van der Waals surface area contributed by atoms with Crippen LogP contribution in [0.4, 0.5) is 15.8 Å². The van der Waals surface area contributed by atoms with Crippen molar-refractivity contribution in [3.05, 3.63) is 124 Å². The molecular formula is C41H40FN6Na2O7P. The van der Waals surface area contributed by atoms with Crippen molar-refractivity contribution in [2.75, 3.05) is 37.7 Å². The van der Waals surface area contributed by atoms with Crippen LogP contribution in [-0.2, 0) is 36.4 Å². The number of halogens is 1. The van der Waals surface area contributed by atoms with Crippen molar-refractivity contribution in [1.82, 2.24) is 18.9 Å². The van der Waals surface area contributed by atoms with Crippen LogP contribution < -0.4 is 78.3 Å². The van der Waals surface area contributed by atoms with Crippen molar-refractivity contribution in [3.8, 4) is 23.1 Å². The molecule has 58 heavy (non-hydrogen) atoms. The van der Waals surface area contributed by atoms with Gasteiger partial charge in [0.25, 0.3) is 11.8 Å². The third kappa shape index (κ3) is 9.41. The number of phosphoric ester groups is 1. The van der Waals surface area contributed by atoms with Crippen LogP contribution in [0.3, 0.4) is 0 Å². The monoisotopic (exact) mass is 824 g/mol. The molecule has 0 N–H and O–H groups in total. The number of amides is 2. The maximum atomic E-state index is 15.2. The Bertz CT molecular complexity index is 2420. The molecule has 5 aromatic rings. The molecule has 13 nitrogen and oxygen atoms in total. The summed E-state index contributed by atoms with van der Waals surface area (Å²) in [5.74, 6) is -1.56. The molecule has 3 aromatic carbocycles. The van der Waals surface area contributed by atoms with Gasteiger partial charge in [-0.05, 0) is 86.0 Å². The van der Waals surface area contributed by atoms with Crippen molar-refractivity contribution >= 4 is 31.0 Å². The standard InChI is InChI=1S/C41H42FN6O7P.2Na/c1-26-36(41(50)48(38-21-32(23-43)44(3)27(38)2)31-10-12-34(13-11-31)55-56(51,52)53)22-39(45(26)4)37-20-30(42)9-14-35(37)40(49)47-24-29-8-6-5-7-28(29)19-33(47)25-46-15-17-54-18-16-46;;/h5-14,20-22,33H,15-19,24-25H2,1-4H3,(H2,51,52,53);;/q;2*+1/p-2/t33-;;/m0../s1. The summed E-state index contributed by atoms with van der Waals surface area (Å²) in [5, 5.41) is 9.80. The average Bonchev–Trinajstić information content (AvgIpc) is 3.64. The van der Waals surface area contributed by atoms with Crippen molar-refractivity contribution in [1.29, 1.82) is 5.26 Å².